The lowest BCUT2D eigenvalue weighted by molar-refractivity contribution is -0.137. The third-order valence-corrected chi connectivity index (χ3v) is 12.5. The Balaban J connectivity index is 1.31. The second kappa shape index (κ2) is 16.4. The lowest BCUT2D eigenvalue weighted by atomic mass is 10.0. The van der Waals surface area contributed by atoms with E-state index in [1.54, 1.807) is 18.1 Å². The number of thiocarbonyl (C=S) groups is 1. The van der Waals surface area contributed by atoms with E-state index in [4.69, 9.17) is 17.0 Å². The lowest BCUT2D eigenvalue weighted by Crippen LogP contribution is -2.35. The minimum atomic E-state index is -1.16. The largest absolute Gasteiger partial charge is 0.497 e. The van der Waals surface area contributed by atoms with Crippen LogP contribution in [0.3, 0.4) is 0 Å². The molecule has 0 spiro atoms. The number of aliphatic carboxylic acids is 1. The number of rotatable bonds is 14. The van der Waals surface area contributed by atoms with Gasteiger partial charge in [0.15, 0.2) is 0 Å². The molecule has 264 valence electrons. The number of aromatic nitrogens is 2. The van der Waals surface area contributed by atoms with Crippen LogP contribution in [0.4, 0.5) is 0 Å². The number of pyridine rings is 1. The van der Waals surface area contributed by atoms with E-state index in [0.717, 1.165) is 80.2 Å². The molecule has 8 nitrogen and oxygen atoms in total. The topological polar surface area (TPSA) is 93.3 Å². The van der Waals surface area contributed by atoms with Gasteiger partial charge in [-0.15, -0.1) is 22.7 Å². The number of carboxylic acids is 1. The molecule has 1 N–H and O–H groups in total. The Morgan fingerprint density at radius 1 is 0.941 bits per heavy atom. The zero-order chi connectivity index (χ0) is 36.1. The van der Waals surface area contributed by atoms with Crippen molar-refractivity contribution in [2.24, 2.45) is 0 Å². The van der Waals surface area contributed by atoms with Gasteiger partial charge in [0.1, 0.15) is 26.2 Å². The molecule has 1 fully saturated rings. The predicted molar refractivity (Wildman–Crippen MR) is 215 cm³/mol. The summed E-state index contributed by atoms with van der Waals surface area (Å²) in [5.74, 6) is -0.625. The van der Waals surface area contributed by atoms with Crippen molar-refractivity contribution in [3.63, 3.8) is 0 Å². The molecule has 1 aliphatic rings. The average Bonchev–Trinajstić information content (AvgIpc) is 3.85. The Morgan fingerprint density at radius 3 is 2.43 bits per heavy atom. The fraction of sp³-hybridized carbons (Fsp3) is 0.282. The van der Waals surface area contributed by atoms with Crippen molar-refractivity contribution < 1.29 is 19.4 Å². The van der Waals surface area contributed by atoms with E-state index in [-0.39, 0.29) is 5.91 Å². The summed E-state index contributed by atoms with van der Waals surface area (Å²) < 4.78 is 9.88. The second-order valence-corrected chi connectivity index (χ2v) is 16.1. The molecule has 0 bridgehead atoms. The third kappa shape index (κ3) is 7.99. The molecule has 0 saturated carbocycles. The van der Waals surface area contributed by atoms with Crippen LogP contribution in [0.25, 0.3) is 39.8 Å². The Morgan fingerprint density at radius 2 is 1.69 bits per heavy atom. The van der Waals surface area contributed by atoms with Gasteiger partial charge in [-0.05, 0) is 79.1 Å². The number of thiophene rings is 1. The van der Waals surface area contributed by atoms with Gasteiger partial charge in [0.2, 0.25) is 0 Å². The van der Waals surface area contributed by atoms with E-state index < -0.39 is 18.1 Å². The van der Waals surface area contributed by atoms with E-state index in [1.807, 2.05) is 36.4 Å². The number of ether oxygens (including phenoxy) is 1. The summed E-state index contributed by atoms with van der Waals surface area (Å²) in [4.78, 5) is 42.6. The normalized spacial score (nSPS) is 14.9. The number of thiazole rings is 1. The van der Waals surface area contributed by atoms with E-state index in [2.05, 4.69) is 54.8 Å². The number of aryl methyl sites for hydroxylation is 1. The zero-order valence-electron chi connectivity index (χ0n) is 28.7. The summed E-state index contributed by atoms with van der Waals surface area (Å²) in [6.07, 6.45) is 14.5. The van der Waals surface area contributed by atoms with Crippen molar-refractivity contribution >= 4 is 91.5 Å². The highest BCUT2D eigenvalue weighted by Gasteiger charge is 2.34. The molecule has 0 radical (unpaired) electrons. The molecular weight excluding hydrogens is 719 g/mol. The van der Waals surface area contributed by atoms with Gasteiger partial charge in [0.25, 0.3) is 11.5 Å². The van der Waals surface area contributed by atoms with Crippen molar-refractivity contribution in [3.05, 3.63) is 101 Å². The predicted octanol–water partition coefficient (Wildman–Crippen LogP) is 7.62. The van der Waals surface area contributed by atoms with Gasteiger partial charge in [-0.3, -0.25) is 23.9 Å². The minimum Gasteiger partial charge on any atom is -0.497 e. The summed E-state index contributed by atoms with van der Waals surface area (Å²) in [6.45, 7) is 4.28. The molecule has 1 aliphatic heterocycles. The van der Waals surface area contributed by atoms with Crippen LogP contribution in [0.5, 0.6) is 5.75 Å². The fourth-order valence-corrected chi connectivity index (χ4v) is 9.74. The highest BCUT2D eigenvalue weighted by atomic mass is 32.2. The molecule has 1 saturated heterocycles. The van der Waals surface area contributed by atoms with Crippen molar-refractivity contribution in [3.8, 4) is 16.9 Å². The molecule has 51 heavy (non-hydrogen) atoms. The van der Waals surface area contributed by atoms with Gasteiger partial charge in [-0.25, -0.2) is 0 Å². The number of methoxy groups -OCH3 is 1. The minimum absolute atomic E-state index is 0.267. The lowest BCUT2D eigenvalue weighted by Gasteiger charge is -2.13. The van der Waals surface area contributed by atoms with E-state index in [9.17, 15) is 19.5 Å². The molecule has 0 atom stereocenters. The Kier molecular flexibility index (Phi) is 11.8. The van der Waals surface area contributed by atoms with E-state index in [0.29, 0.717) is 25.0 Å². The molecular formula is C39H39N3O5S4. The van der Waals surface area contributed by atoms with Crippen molar-refractivity contribution in [2.75, 3.05) is 13.7 Å². The summed E-state index contributed by atoms with van der Waals surface area (Å²) in [5, 5.41) is 9.66. The van der Waals surface area contributed by atoms with Crippen LogP contribution in [0.2, 0.25) is 0 Å². The summed E-state index contributed by atoms with van der Waals surface area (Å²) >= 11 is 9.35. The number of nitrogens with zero attached hydrogens (tertiary/aromatic N) is 3. The maximum atomic E-state index is 13.6. The Labute approximate surface area is 314 Å². The fourth-order valence-electron chi connectivity index (χ4n) is 6.25. The smallest absolute Gasteiger partial charge is 0.323 e. The van der Waals surface area contributed by atoms with Crippen molar-refractivity contribution in [1.82, 2.24) is 13.9 Å². The number of thioether (sulfide) groups is 1. The first kappa shape index (κ1) is 36.6. The van der Waals surface area contributed by atoms with Crippen molar-refractivity contribution in [1.29, 1.82) is 0 Å². The molecule has 6 rings (SSSR count). The van der Waals surface area contributed by atoms with Crippen LogP contribution in [-0.4, -0.2) is 48.8 Å². The van der Waals surface area contributed by atoms with Crippen LogP contribution in [0, 0.1) is 6.92 Å². The van der Waals surface area contributed by atoms with Crippen LogP contribution in [0.15, 0.2) is 65.6 Å². The number of fused-ring (bicyclic) bond motifs is 1. The highest BCUT2D eigenvalue weighted by Crippen LogP contribution is 2.35. The molecule has 0 unspecified atom stereocenters. The number of carbonyl (C=O) groups is 2. The van der Waals surface area contributed by atoms with Gasteiger partial charge in [-0.1, -0.05) is 81.2 Å². The molecule has 0 aliphatic carbocycles. The quantitative estimate of drug-likeness (QED) is 0.0921. The van der Waals surface area contributed by atoms with E-state index >= 15 is 0 Å². The first-order valence-corrected chi connectivity index (χ1v) is 19.8. The number of amides is 1. The maximum absolute atomic E-state index is 13.6. The van der Waals surface area contributed by atoms with Gasteiger partial charge >= 0.3 is 5.97 Å². The zero-order valence-corrected chi connectivity index (χ0v) is 32.0. The monoisotopic (exact) mass is 757 g/mol. The molecule has 5 heterocycles. The molecule has 1 aromatic carbocycles. The SMILES string of the molecule is CCCCCCCCN1C(=O)/C(=c2\s/c(=C\c3ccc(/C=C/c4c(-c5ccc(OC)cc5)c(C)c5ccccn45)s3)c(=O)n2CC(=O)O)SC1=S. The molecule has 5 aromatic rings. The number of benzene rings is 1. The first-order valence-electron chi connectivity index (χ1n) is 16.9. The number of carbonyl (C=O) groups excluding carboxylic acids is 1. The number of hydrogen-bond acceptors (Lipinski definition) is 8. The maximum Gasteiger partial charge on any atom is 0.323 e. The van der Waals surface area contributed by atoms with Crippen molar-refractivity contribution in [2.45, 2.75) is 58.9 Å². The van der Waals surface area contributed by atoms with Gasteiger partial charge < -0.3 is 14.2 Å². The summed E-state index contributed by atoms with van der Waals surface area (Å²) in [5.41, 5.74) is 5.13. The Bertz CT molecular complexity index is 2310. The van der Waals surface area contributed by atoms with Crippen LogP contribution in [0.1, 0.15) is 66.5 Å². The average molecular weight is 758 g/mol. The van der Waals surface area contributed by atoms with Gasteiger partial charge in [0.05, 0.1) is 17.3 Å². The molecule has 1 amide bonds. The summed E-state index contributed by atoms with van der Waals surface area (Å²) in [6, 6.07) is 18.2. The standard InChI is InChI=1S/C39H39N3O5S4/c1-4-5-6-7-8-10-22-41-37(46)35(51-39(41)48)38-42(24-33(43)44)36(45)32(50-38)23-29-18-17-28(49-29)19-20-31-34(26-13-15-27(47-3)16-14-26)25(2)30-12-9-11-21-40(30)31/h9,11-21,23H,4-8,10,22,24H2,1-3H3,(H,43,44)/b20-19+,32-23-,38-35+. The van der Waals surface area contributed by atoms with Gasteiger partial charge in [0, 0.05) is 33.6 Å². The number of unbranched alkanes of at least 4 members (excludes halogenated alkanes) is 5. The number of hydrogen-bond donors (Lipinski definition) is 1. The van der Waals surface area contributed by atoms with Gasteiger partial charge in [-0.2, -0.15) is 0 Å². The second-order valence-electron chi connectivity index (χ2n) is 12.3. The first-order chi connectivity index (χ1) is 24.7. The Hall–Kier alpha value is -4.23. The molecule has 4 aromatic heterocycles. The summed E-state index contributed by atoms with van der Waals surface area (Å²) in [7, 11) is 1.66. The third-order valence-electron chi connectivity index (χ3n) is 8.82. The van der Waals surface area contributed by atoms with Crippen LogP contribution < -0.4 is 19.5 Å². The number of carboxylic acid groups (broad SMARTS) is 1. The highest BCUT2D eigenvalue weighted by molar-refractivity contribution is 8.30. The molecule has 12 heteroatoms. The van der Waals surface area contributed by atoms with Crippen LogP contribution >= 0.6 is 46.7 Å². The van der Waals surface area contributed by atoms with Crippen LogP contribution in [-0.2, 0) is 16.1 Å². The van der Waals surface area contributed by atoms with E-state index in [1.165, 1.54) is 40.7 Å².